The van der Waals surface area contributed by atoms with Crippen LogP contribution in [0.4, 0.5) is 0 Å². The maximum Gasteiger partial charge on any atom is 0.336 e. The third-order valence-electron chi connectivity index (χ3n) is 4.97. The molecular formula is C22H19BrN2O3. The molecule has 2 aromatic carbocycles. The highest BCUT2D eigenvalue weighted by atomic mass is 79.9. The lowest BCUT2D eigenvalue weighted by molar-refractivity contribution is 0.556. The first-order chi connectivity index (χ1) is 13.3. The summed E-state index contributed by atoms with van der Waals surface area (Å²) in [6.45, 7) is 6.51. The Hall–Kier alpha value is -2.73. The molecule has 2 heterocycles. The molecule has 0 N–H and O–H groups in total. The summed E-state index contributed by atoms with van der Waals surface area (Å²) in [7, 11) is 0. The van der Waals surface area contributed by atoms with E-state index in [0.717, 1.165) is 21.0 Å². The molecule has 5 nitrogen and oxygen atoms in total. The minimum atomic E-state index is -0.427. The lowest BCUT2D eigenvalue weighted by Gasteiger charge is -2.14. The lowest BCUT2D eigenvalue weighted by Crippen LogP contribution is -2.22. The molecule has 0 unspecified atom stereocenters. The van der Waals surface area contributed by atoms with Gasteiger partial charge in [0.05, 0.1) is 23.8 Å². The van der Waals surface area contributed by atoms with Gasteiger partial charge in [-0.1, -0.05) is 29.8 Å². The summed E-state index contributed by atoms with van der Waals surface area (Å²) in [4.78, 5) is 29.4. The smallest absolute Gasteiger partial charge is 0.336 e. The van der Waals surface area contributed by atoms with Gasteiger partial charge in [0.1, 0.15) is 5.58 Å². The Balaban J connectivity index is 1.91. The van der Waals surface area contributed by atoms with Gasteiger partial charge >= 0.3 is 5.63 Å². The Morgan fingerprint density at radius 1 is 1.11 bits per heavy atom. The number of halogens is 1. The molecule has 142 valence electrons. The topological polar surface area (TPSA) is 65.1 Å². The molecule has 4 rings (SSSR count). The number of hydrogen-bond donors (Lipinski definition) is 0. The van der Waals surface area contributed by atoms with Crippen LogP contribution < -0.4 is 11.2 Å². The van der Waals surface area contributed by atoms with E-state index in [0.29, 0.717) is 22.4 Å². The second-order valence-electron chi connectivity index (χ2n) is 7.29. The monoisotopic (exact) mass is 438 g/mol. The van der Waals surface area contributed by atoms with Gasteiger partial charge in [0.25, 0.3) is 5.56 Å². The Morgan fingerprint density at radius 2 is 1.89 bits per heavy atom. The molecule has 0 atom stereocenters. The van der Waals surface area contributed by atoms with Crippen molar-refractivity contribution in [3.63, 3.8) is 0 Å². The molecule has 0 saturated heterocycles. The van der Waals surface area contributed by atoms with E-state index in [4.69, 9.17) is 4.42 Å². The van der Waals surface area contributed by atoms with Gasteiger partial charge in [-0.2, -0.15) is 0 Å². The summed E-state index contributed by atoms with van der Waals surface area (Å²) < 4.78 is 7.75. The first kappa shape index (κ1) is 18.6. The van der Waals surface area contributed by atoms with E-state index in [1.165, 1.54) is 22.5 Å². The Bertz CT molecular complexity index is 1340. The van der Waals surface area contributed by atoms with E-state index in [2.05, 4.69) is 40.8 Å². The summed E-state index contributed by atoms with van der Waals surface area (Å²) in [6, 6.07) is 10.8. The SMILES string of the molecule is Cc1cc2oc(=O)cc(Cn3cnc4ccc(Br)cc4c3=O)c2cc1C(C)C. The van der Waals surface area contributed by atoms with Crippen LogP contribution in [0.25, 0.3) is 21.9 Å². The predicted octanol–water partition coefficient (Wildman–Crippen LogP) is 4.75. The zero-order valence-corrected chi connectivity index (χ0v) is 17.4. The number of benzene rings is 2. The van der Waals surface area contributed by atoms with Crippen LogP contribution in [0.15, 0.2) is 61.2 Å². The van der Waals surface area contributed by atoms with Gasteiger partial charge in [-0.25, -0.2) is 9.78 Å². The number of aromatic nitrogens is 2. The second kappa shape index (κ2) is 7.02. The van der Waals surface area contributed by atoms with Crippen LogP contribution in [0.5, 0.6) is 0 Å². The Labute approximate surface area is 169 Å². The molecule has 0 aliphatic carbocycles. The molecule has 0 amide bonds. The van der Waals surface area contributed by atoms with E-state index in [9.17, 15) is 9.59 Å². The van der Waals surface area contributed by atoms with Crippen LogP contribution in [-0.2, 0) is 6.54 Å². The first-order valence-electron chi connectivity index (χ1n) is 9.05. The second-order valence-corrected chi connectivity index (χ2v) is 8.21. The van der Waals surface area contributed by atoms with Gasteiger partial charge < -0.3 is 4.42 Å². The van der Waals surface area contributed by atoms with Crippen molar-refractivity contribution in [2.24, 2.45) is 0 Å². The van der Waals surface area contributed by atoms with Crippen molar-refractivity contribution >= 4 is 37.8 Å². The van der Waals surface area contributed by atoms with Crippen molar-refractivity contribution < 1.29 is 4.42 Å². The third kappa shape index (κ3) is 3.29. The molecule has 0 radical (unpaired) electrons. The normalized spacial score (nSPS) is 11.6. The number of hydrogen-bond acceptors (Lipinski definition) is 4. The quantitative estimate of drug-likeness (QED) is 0.433. The zero-order chi connectivity index (χ0) is 20.0. The summed E-state index contributed by atoms with van der Waals surface area (Å²) in [6.07, 6.45) is 1.52. The number of rotatable bonds is 3. The molecule has 28 heavy (non-hydrogen) atoms. The maximum atomic E-state index is 12.9. The molecule has 0 bridgehead atoms. The molecule has 0 aliphatic rings. The molecule has 0 spiro atoms. The highest BCUT2D eigenvalue weighted by Gasteiger charge is 2.13. The van der Waals surface area contributed by atoms with Crippen molar-refractivity contribution in [3.8, 4) is 0 Å². The van der Waals surface area contributed by atoms with E-state index in [-0.39, 0.29) is 12.1 Å². The average molecular weight is 439 g/mol. The minimum absolute atomic E-state index is 0.149. The molecule has 4 aromatic rings. The highest BCUT2D eigenvalue weighted by molar-refractivity contribution is 9.10. The maximum absolute atomic E-state index is 12.9. The molecule has 2 aromatic heterocycles. The van der Waals surface area contributed by atoms with Gasteiger partial charge in [0.15, 0.2) is 0 Å². The van der Waals surface area contributed by atoms with Gasteiger partial charge in [0.2, 0.25) is 0 Å². The summed E-state index contributed by atoms with van der Waals surface area (Å²) >= 11 is 3.40. The van der Waals surface area contributed by atoms with Crippen molar-refractivity contribution in [1.82, 2.24) is 9.55 Å². The van der Waals surface area contributed by atoms with E-state index >= 15 is 0 Å². The van der Waals surface area contributed by atoms with E-state index in [1.54, 1.807) is 12.1 Å². The fourth-order valence-corrected chi connectivity index (χ4v) is 3.93. The van der Waals surface area contributed by atoms with Crippen LogP contribution in [0.1, 0.15) is 36.5 Å². The molecule has 0 fully saturated rings. The first-order valence-corrected chi connectivity index (χ1v) is 9.85. The summed E-state index contributed by atoms with van der Waals surface area (Å²) in [5.41, 5.74) is 3.61. The standard InChI is InChI=1S/C22H19BrN2O3/c1-12(2)16-9-17-14(7-21(26)28-20(17)6-13(16)3)10-25-11-24-19-5-4-15(23)8-18(19)22(25)27/h4-9,11-12H,10H2,1-3H3. The van der Waals surface area contributed by atoms with Crippen molar-refractivity contribution in [1.29, 1.82) is 0 Å². The predicted molar refractivity (Wildman–Crippen MR) is 114 cm³/mol. The highest BCUT2D eigenvalue weighted by Crippen LogP contribution is 2.27. The fraction of sp³-hybridized carbons (Fsp3) is 0.227. The van der Waals surface area contributed by atoms with Crippen LogP contribution in [0.3, 0.4) is 0 Å². The summed E-state index contributed by atoms with van der Waals surface area (Å²) in [5, 5.41) is 1.37. The Morgan fingerprint density at radius 3 is 2.64 bits per heavy atom. The fourth-order valence-electron chi connectivity index (χ4n) is 3.57. The number of fused-ring (bicyclic) bond motifs is 2. The largest absolute Gasteiger partial charge is 0.423 e. The van der Waals surface area contributed by atoms with Crippen LogP contribution >= 0.6 is 15.9 Å². The van der Waals surface area contributed by atoms with Gasteiger partial charge in [0, 0.05) is 15.9 Å². The lowest BCUT2D eigenvalue weighted by atomic mass is 9.95. The molecule has 6 heteroatoms. The molecule has 0 aliphatic heterocycles. The zero-order valence-electron chi connectivity index (χ0n) is 15.8. The van der Waals surface area contributed by atoms with Gasteiger partial charge in [-0.3, -0.25) is 9.36 Å². The third-order valence-corrected chi connectivity index (χ3v) is 5.46. The van der Waals surface area contributed by atoms with Crippen molar-refractivity contribution in [3.05, 3.63) is 84.7 Å². The van der Waals surface area contributed by atoms with Crippen molar-refractivity contribution in [2.45, 2.75) is 33.2 Å². The number of aryl methyl sites for hydroxylation is 1. The number of nitrogens with zero attached hydrogens (tertiary/aromatic N) is 2. The van der Waals surface area contributed by atoms with Crippen LogP contribution in [0, 0.1) is 6.92 Å². The minimum Gasteiger partial charge on any atom is -0.423 e. The Kier molecular flexibility index (Phi) is 4.67. The molecular weight excluding hydrogens is 420 g/mol. The van der Waals surface area contributed by atoms with E-state index in [1.807, 2.05) is 19.1 Å². The average Bonchev–Trinajstić information content (AvgIpc) is 2.63. The summed E-state index contributed by atoms with van der Waals surface area (Å²) in [5.74, 6) is 0.339. The van der Waals surface area contributed by atoms with Crippen molar-refractivity contribution in [2.75, 3.05) is 0 Å². The van der Waals surface area contributed by atoms with Gasteiger partial charge in [-0.15, -0.1) is 0 Å². The van der Waals surface area contributed by atoms with Crippen LogP contribution in [0.2, 0.25) is 0 Å². The van der Waals surface area contributed by atoms with Crippen LogP contribution in [-0.4, -0.2) is 9.55 Å². The molecule has 0 saturated carbocycles. The van der Waals surface area contributed by atoms with E-state index < -0.39 is 5.63 Å². The van der Waals surface area contributed by atoms with Gasteiger partial charge in [-0.05, 0) is 59.9 Å².